The van der Waals surface area contributed by atoms with Crippen LogP contribution in [-0.4, -0.2) is 18.5 Å². The van der Waals surface area contributed by atoms with Crippen molar-refractivity contribution in [3.8, 4) is 0 Å². The maximum absolute atomic E-state index is 11.9. The van der Waals surface area contributed by atoms with Gasteiger partial charge in [0.05, 0.1) is 6.04 Å². The summed E-state index contributed by atoms with van der Waals surface area (Å²) in [5.74, 6) is -0.849. The summed E-state index contributed by atoms with van der Waals surface area (Å²) in [7, 11) is 0. The summed E-state index contributed by atoms with van der Waals surface area (Å²) in [6, 6.07) is 11.8. The highest BCUT2D eigenvalue weighted by Crippen LogP contribution is 2.13. The third kappa shape index (κ3) is 5.66. The van der Waals surface area contributed by atoms with E-state index in [9.17, 15) is 9.59 Å². The molecule has 24 heavy (non-hydrogen) atoms. The normalized spacial score (nSPS) is 12.1. The fourth-order valence-corrected chi connectivity index (χ4v) is 2.75. The van der Waals surface area contributed by atoms with Crippen LogP contribution in [0.25, 0.3) is 6.08 Å². The Hall–Kier alpha value is -2.40. The molecule has 0 bridgehead atoms. The number of nitrogens with one attached hydrogen (secondary N) is 1. The summed E-state index contributed by atoms with van der Waals surface area (Å²) in [6.07, 6.45) is 3.98. The lowest BCUT2D eigenvalue weighted by molar-refractivity contribution is -0.144. The van der Waals surface area contributed by atoms with Gasteiger partial charge in [-0.05, 0) is 42.0 Å². The number of ether oxygens (including phenoxy) is 1. The van der Waals surface area contributed by atoms with Gasteiger partial charge in [-0.2, -0.15) is 0 Å². The van der Waals surface area contributed by atoms with Crippen LogP contribution in [0.4, 0.5) is 0 Å². The molecule has 0 unspecified atom stereocenters. The van der Waals surface area contributed by atoms with E-state index in [0.717, 1.165) is 16.9 Å². The molecular weight excluding hydrogens is 322 g/mol. The lowest BCUT2D eigenvalue weighted by Crippen LogP contribution is -2.30. The van der Waals surface area contributed by atoms with Gasteiger partial charge < -0.3 is 10.1 Å². The third-order valence-corrected chi connectivity index (χ3v) is 4.38. The van der Waals surface area contributed by atoms with Gasteiger partial charge in [0.25, 0.3) is 5.91 Å². The van der Waals surface area contributed by atoms with Crippen LogP contribution in [0, 0.1) is 0 Å². The summed E-state index contributed by atoms with van der Waals surface area (Å²) >= 11 is 1.52. The maximum Gasteiger partial charge on any atom is 0.331 e. The van der Waals surface area contributed by atoms with Crippen molar-refractivity contribution >= 4 is 29.3 Å². The van der Waals surface area contributed by atoms with Gasteiger partial charge in [0.2, 0.25) is 0 Å². The molecule has 0 aliphatic heterocycles. The molecule has 1 atom stereocenters. The predicted molar refractivity (Wildman–Crippen MR) is 96.7 cm³/mol. The molecule has 4 nitrogen and oxygen atoms in total. The lowest BCUT2D eigenvalue weighted by atomic mass is 10.1. The van der Waals surface area contributed by atoms with Crippen molar-refractivity contribution in [3.05, 3.63) is 63.9 Å². The third-order valence-electron chi connectivity index (χ3n) is 3.54. The number of thiophene rings is 1. The molecule has 2 rings (SSSR count). The number of benzene rings is 1. The molecule has 1 heterocycles. The number of esters is 1. The van der Waals surface area contributed by atoms with E-state index in [-0.39, 0.29) is 18.6 Å². The second kappa shape index (κ2) is 9.03. The Morgan fingerprint density at radius 2 is 2.00 bits per heavy atom. The first-order valence-electron chi connectivity index (χ1n) is 7.85. The Kier molecular flexibility index (Phi) is 6.75. The molecule has 126 valence electrons. The fraction of sp³-hybridized carbons (Fsp3) is 0.263. The summed E-state index contributed by atoms with van der Waals surface area (Å²) in [5.41, 5.74) is 2.27. The molecule has 0 spiro atoms. The molecule has 1 N–H and O–H groups in total. The molecule has 0 saturated heterocycles. The zero-order valence-corrected chi connectivity index (χ0v) is 14.6. The number of aryl methyl sites for hydroxylation is 1. The zero-order valence-electron chi connectivity index (χ0n) is 13.8. The minimum absolute atomic E-state index is 0.135. The van der Waals surface area contributed by atoms with Crippen molar-refractivity contribution in [2.24, 2.45) is 0 Å². The molecule has 1 amide bonds. The standard InChI is InChI=1S/C19H21NO3S/c1-3-15-6-8-16(9-7-15)14(2)20-18(21)13-23-19(22)11-10-17-5-4-12-24-17/h4-12,14H,3,13H2,1-2H3,(H,20,21)/b11-10+/t14-/m1/s1. The van der Waals surface area contributed by atoms with Crippen LogP contribution in [-0.2, 0) is 20.7 Å². The van der Waals surface area contributed by atoms with Gasteiger partial charge in [-0.1, -0.05) is 37.3 Å². The zero-order chi connectivity index (χ0) is 17.4. The van der Waals surface area contributed by atoms with Gasteiger partial charge >= 0.3 is 5.97 Å². The quantitative estimate of drug-likeness (QED) is 0.615. The molecule has 0 aliphatic rings. The number of carbonyl (C=O) groups excluding carboxylic acids is 2. The van der Waals surface area contributed by atoms with E-state index in [0.29, 0.717) is 0 Å². The number of amides is 1. The van der Waals surface area contributed by atoms with Crippen molar-refractivity contribution in [3.63, 3.8) is 0 Å². The first-order chi connectivity index (χ1) is 11.6. The van der Waals surface area contributed by atoms with Gasteiger partial charge in [0, 0.05) is 11.0 Å². The van der Waals surface area contributed by atoms with Crippen LogP contribution in [0.3, 0.4) is 0 Å². The highest BCUT2D eigenvalue weighted by Gasteiger charge is 2.11. The SMILES string of the molecule is CCc1ccc([C@@H](C)NC(=O)COC(=O)/C=C/c2cccs2)cc1. The first kappa shape index (κ1) is 17.9. The number of carbonyl (C=O) groups is 2. The topological polar surface area (TPSA) is 55.4 Å². The Labute approximate surface area is 146 Å². The summed E-state index contributed by atoms with van der Waals surface area (Å²) in [5, 5.41) is 4.74. The molecule has 0 saturated carbocycles. The van der Waals surface area contributed by atoms with Crippen molar-refractivity contribution in [1.82, 2.24) is 5.32 Å². The largest absolute Gasteiger partial charge is 0.452 e. The molecule has 0 fully saturated rings. The number of rotatable bonds is 7. The van der Waals surface area contributed by atoms with Gasteiger partial charge in [-0.3, -0.25) is 4.79 Å². The van der Waals surface area contributed by atoms with Crippen molar-refractivity contribution in [2.45, 2.75) is 26.3 Å². The maximum atomic E-state index is 11.9. The average Bonchev–Trinajstić information content (AvgIpc) is 3.11. The molecule has 0 aliphatic carbocycles. The molecule has 1 aromatic carbocycles. The second-order valence-electron chi connectivity index (χ2n) is 5.34. The Morgan fingerprint density at radius 3 is 2.62 bits per heavy atom. The van der Waals surface area contributed by atoms with E-state index in [1.54, 1.807) is 6.08 Å². The molecule has 5 heteroatoms. The summed E-state index contributed by atoms with van der Waals surface area (Å²) < 4.78 is 4.94. The van der Waals surface area contributed by atoms with Crippen molar-refractivity contribution in [1.29, 1.82) is 0 Å². The fourth-order valence-electron chi connectivity index (χ4n) is 2.13. The Bertz CT molecular complexity index is 690. The van der Waals surface area contributed by atoms with Crippen LogP contribution in [0.2, 0.25) is 0 Å². The van der Waals surface area contributed by atoms with E-state index < -0.39 is 5.97 Å². The van der Waals surface area contributed by atoms with Crippen LogP contribution >= 0.6 is 11.3 Å². The van der Waals surface area contributed by atoms with E-state index in [1.165, 1.54) is 23.0 Å². The minimum Gasteiger partial charge on any atom is -0.452 e. The predicted octanol–water partition coefficient (Wildman–Crippen LogP) is 3.74. The Morgan fingerprint density at radius 1 is 1.25 bits per heavy atom. The van der Waals surface area contributed by atoms with Gasteiger partial charge in [0.1, 0.15) is 0 Å². The number of hydrogen-bond acceptors (Lipinski definition) is 4. The lowest BCUT2D eigenvalue weighted by Gasteiger charge is -2.14. The van der Waals surface area contributed by atoms with Crippen LogP contribution in [0.15, 0.2) is 47.9 Å². The smallest absolute Gasteiger partial charge is 0.331 e. The van der Waals surface area contributed by atoms with Gasteiger partial charge in [-0.15, -0.1) is 11.3 Å². The summed E-state index contributed by atoms with van der Waals surface area (Å²) in [6.45, 7) is 3.71. The molecule has 2 aromatic rings. The van der Waals surface area contributed by atoms with Crippen LogP contribution in [0.5, 0.6) is 0 Å². The molecular formula is C19H21NO3S. The highest BCUT2D eigenvalue weighted by molar-refractivity contribution is 7.10. The summed E-state index contributed by atoms with van der Waals surface area (Å²) in [4.78, 5) is 24.4. The van der Waals surface area contributed by atoms with E-state index >= 15 is 0 Å². The number of hydrogen-bond donors (Lipinski definition) is 1. The van der Waals surface area contributed by atoms with Crippen molar-refractivity contribution < 1.29 is 14.3 Å². The van der Waals surface area contributed by atoms with Gasteiger partial charge in [0.15, 0.2) is 6.61 Å². The van der Waals surface area contributed by atoms with Crippen molar-refractivity contribution in [2.75, 3.05) is 6.61 Å². The van der Waals surface area contributed by atoms with Gasteiger partial charge in [-0.25, -0.2) is 4.79 Å². The second-order valence-corrected chi connectivity index (χ2v) is 6.32. The van der Waals surface area contributed by atoms with E-state index in [1.807, 2.05) is 48.7 Å². The van der Waals surface area contributed by atoms with E-state index in [4.69, 9.17) is 4.74 Å². The Balaban J connectivity index is 1.76. The first-order valence-corrected chi connectivity index (χ1v) is 8.73. The van der Waals surface area contributed by atoms with Crippen LogP contribution < -0.4 is 5.32 Å². The van der Waals surface area contributed by atoms with E-state index in [2.05, 4.69) is 12.2 Å². The average molecular weight is 343 g/mol. The minimum atomic E-state index is -0.529. The van der Waals surface area contributed by atoms with Crippen LogP contribution in [0.1, 0.15) is 35.9 Å². The molecule has 1 aromatic heterocycles. The highest BCUT2D eigenvalue weighted by atomic mass is 32.1. The molecule has 0 radical (unpaired) electrons. The monoisotopic (exact) mass is 343 g/mol.